The van der Waals surface area contributed by atoms with Crippen molar-refractivity contribution in [3.8, 4) is 0 Å². The lowest BCUT2D eigenvalue weighted by molar-refractivity contribution is -0.137. The van der Waals surface area contributed by atoms with Crippen LogP contribution in [0.25, 0.3) is 0 Å². The summed E-state index contributed by atoms with van der Waals surface area (Å²) >= 11 is 5.72. The first kappa shape index (κ1) is 17.1. The molecule has 2 bridgehead atoms. The van der Waals surface area contributed by atoms with Crippen molar-refractivity contribution in [2.24, 2.45) is 0 Å². The number of hydrogen-bond donors (Lipinski definition) is 1. The molecule has 9 heteroatoms. The highest BCUT2D eigenvalue weighted by atomic mass is 35.5. The Morgan fingerprint density at radius 2 is 2.12 bits per heavy atom. The van der Waals surface area contributed by atoms with Gasteiger partial charge in [-0.25, -0.2) is 14.8 Å². The molecule has 1 fully saturated rings. The number of urea groups is 1. The maximum Gasteiger partial charge on any atom is 0.417 e. The van der Waals surface area contributed by atoms with Crippen LogP contribution in [0.3, 0.4) is 0 Å². The molecule has 2 atom stereocenters. The van der Waals surface area contributed by atoms with E-state index in [1.807, 2.05) is 0 Å². The monoisotopic (exact) mass is 382 g/mol. The van der Waals surface area contributed by atoms with Crippen molar-refractivity contribution in [3.63, 3.8) is 0 Å². The van der Waals surface area contributed by atoms with E-state index in [9.17, 15) is 18.0 Å². The predicted molar refractivity (Wildman–Crippen MR) is 88.8 cm³/mol. The maximum atomic E-state index is 12.8. The number of halogens is 4. The van der Waals surface area contributed by atoms with Gasteiger partial charge in [0.25, 0.3) is 0 Å². The Kier molecular flexibility index (Phi) is 4.02. The van der Waals surface area contributed by atoms with E-state index >= 15 is 0 Å². The Balaban J connectivity index is 1.56. The molecule has 136 valence electrons. The van der Waals surface area contributed by atoms with E-state index < -0.39 is 16.8 Å². The van der Waals surface area contributed by atoms with Gasteiger partial charge in [-0.3, -0.25) is 0 Å². The first-order valence-corrected chi connectivity index (χ1v) is 8.47. The molecule has 2 aromatic rings. The van der Waals surface area contributed by atoms with Gasteiger partial charge in [-0.15, -0.1) is 0 Å². The van der Waals surface area contributed by atoms with Crippen molar-refractivity contribution in [3.05, 3.63) is 52.6 Å². The standard InChI is InChI=1S/C17H14ClF3N4O/c18-13-5-9(1-3-12(13)17(19,20)21)24-16(26)25-10-2-4-15(25)11-7-22-8-23-14(11)6-10/h1,3,5,7-8,10,15H,2,4,6H2,(H,24,26)/t10-,15+/m1/s1. The summed E-state index contributed by atoms with van der Waals surface area (Å²) in [5, 5.41) is 2.21. The molecule has 0 radical (unpaired) electrons. The minimum atomic E-state index is -4.53. The van der Waals surface area contributed by atoms with Crippen LogP contribution in [-0.2, 0) is 12.6 Å². The highest BCUT2D eigenvalue weighted by Crippen LogP contribution is 2.43. The summed E-state index contributed by atoms with van der Waals surface area (Å²) < 4.78 is 38.4. The number of carbonyl (C=O) groups excluding carboxylic acids is 1. The third kappa shape index (κ3) is 2.88. The molecule has 1 aromatic heterocycles. The van der Waals surface area contributed by atoms with Crippen molar-refractivity contribution >= 4 is 23.3 Å². The number of fused-ring (bicyclic) bond motifs is 4. The lowest BCUT2D eigenvalue weighted by Crippen LogP contribution is -2.44. The fourth-order valence-electron chi connectivity index (χ4n) is 3.74. The minimum Gasteiger partial charge on any atom is -0.314 e. The van der Waals surface area contributed by atoms with Crippen LogP contribution in [0.5, 0.6) is 0 Å². The molecular formula is C17H14ClF3N4O. The first-order chi connectivity index (χ1) is 12.3. The number of hydrogen-bond acceptors (Lipinski definition) is 3. The number of rotatable bonds is 1. The molecule has 5 nitrogen and oxygen atoms in total. The zero-order valence-electron chi connectivity index (χ0n) is 13.4. The van der Waals surface area contributed by atoms with Crippen molar-refractivity contribution in [2.75, 3.05) is 5.32 Å². The number of carbonyl (C=O) groups is 1. The van der Waals surface area contributed by atoms with Crippen LogP contribution in [0.1, 0.15) is 35.7 Å². The van der Waals surface area contributed by atoms with E-state index in [0.717, 1.165) is 36.2 Å². The number of nitrogens with one attached hydrogen (secondary N) is 1. The molecule has 1 aromatic carbocycles. The summed E-state index contributed by atoms with van der Waals surface area (Å²) in [6.45, 7) is 0. The second kappa shape index (κ2) is 6.12. The predicted octanol–water partition coefficient (Wildman–Crippen LogP) is 4.44. The van der Waals surface area contributed by atoms with Gasteiger partial charge in [-0.1, -0.05) is 11.6 Å². The Hall–Kier alpha value is -2.35. The first-order valence-electron chi connectivity index (χ1n) is 8.09. The number of anilines is 1. The molecular weight excluding hydrogens is 369 g/mol. The number of aromatic nitrogens is 2. The topological polar surface area (TPSA) is 58.1 Å². The lowest BCUT2D eigenvalue weighted by atomic mass is 10.00. The average molecular weight is 383 g/mol. The average Bonchev–Trinajstić information content (AvgIpc) is 2.89. The van der Waals surface area contributed by atoms with E-state index in [4.69, 9.17) is 11.6 Å². The summed E-state index contributed by atoms with van der Waals surface area (Å²) in [6, 6.07) is 2.73. The number of alkyl halides is 3. The second-order valence-corrected chi connectivity index (χ2v) is 6.81. The van der Waals surface area contributed by atoms with Gasteiger partial charge >= 0.3 is 12.2 Å². The highest BCUT2D eigenvalue weighted by Gasteiger charge is 2.43. The van der Waals surface area contributed by atoms with Gasteiger partial charge < -0.3 is 10.2 Å². The Morgan fingerprint density at radius 3 is 2.85 bits per heavy atom. The zero-order valence-corrected chi connectivity index (χ0v) is 14.2. The lowest BCUT2D eigenvalue weighted by Gasteiger charge is -2.35. The van der Waals surface area contributed by atoms with E-state index in [1.54, 1.807) is 11.1 Å². The smallest absolute Gasteiger partial charge is 0.314 e. The molecule has 3 heterocycles. The van der Waals surface area contributed by atoms with Gasteiger partial charge in [0, 0.05) is 29.9 Å². The van der Waals surface area contributed by atoms with E-state index in [2.05, 4.69) is 15.3 Å². The second-order valence-electron chi connectivity index (χ2n) is 6.41. The molecule has 4 rings (SSSR count). The van der Waals surface area contributed by atoms with Crippen LogP contribution in [0, 0.1) is 0 Å². The van der Waals surface area contributed by atoms with Crippen molar-refractivity contribution in [1.29, 1.82) is 0 Å². The highest BCUT2D eigenvalue weighted by molar-refractivity contribution is 6.31. The zero-order chi connectivity index (χ0) is 18.5. The third-order valence-electron chi connectivity index (χ3n) is 4.88. The van der Waals surface area contributed by atoms with E-state index in [1.165, 1.54) is 12.4 Å². The summed E-state index contributed by atoms with van der Waals surface area (Å²) in [4.78, 5) is 22.8. The SMILES string of the molecule is O=C(Nc1ccc(C(F)(F)F)c(Cl)c1)N1[C@@H]2CC[C@H]1c1cncnc1C2. The maximum absolute atomic E-state index is 12.8. The quantitative estimate of drug-likeness (QED) is 0.793. The Bertz CT molecular complexity index is 873. The van der Waals surface area contributed by atoms with Gasteiger partial charge in [0.1, 0.15) is 6.33 Å². The fraction of sp³-hybridized carbons (Fsp3) is 0.353. The summed E-state index contributed by atoms with van der Waals surface area (Å²) in [6.07, 6.45) is 1.00. The van der Waals surface area contributed by atoms with Crippen LogP contribution < -0.4 is 5.32 Å². The minimum absolute atomic E-state index is 0.0207. The fourth-order valence-corrected chi connectivity index (χ4v) is 4.03. The van der Waals surface area contributed by atoms with Crippen LogP contribution in [0.4, 0.5) is 23.7 Å². The van der Waals surface area contributed by atoms with Crippen LogP contribution in [0.15, 0.2) is 30.7 Å². The Labute approximate surface area is 152 Å². The molecule has 2 amide bonds. The molecule has 2 aliphatic rings. The molecule has 0 aliphatic carbocycles. The van der Waals surface area contributed by atoms with Crippen LogP contribution in [0.2, 0.25) is 5.02 Å². The van der Waals surface area contributed by atoms with Gasteiger partial charge in [0.2, 0.25) is 0 Å². The summed E-state index contributed by atoms with van der Waals surface area (Å²) in [7, 11) is 0. The van der Waals surface area contributed by atoms with Crippen molar-refractivity contribution in [2.45, 2.75) is 37.5 Å². The molecule has 26 heavy (non-hydrogen) atoms. The van der Waals surface area contributed by atoms with E-state index in [-0.39, 0.29) is 23.8 Å². The van der Waals surface area contributed by atoms with Crippen molar-refractivity contribution < 1.29 is 18.0 Å². The molecule has 0 spiro atoms. The van der Waals surface area contributed by atoms with Gasteiger partial charge in [0.15, 0.2) is 0 Å². The summed E-state index contributed by atoms with van der Waals surface area (Å²) in [5.41, 5.74) is 1.18. The molecule has 2 aliphatic heterocycles. The molecule has 1 N–H and O–H groups in total. The molecule has 1 saturated heterocycles. The van der Waals surface area contributed by atoms with Crippen LogP contribution in [-0.4, -0.2) is 26.9 Å². The largest absolute Gasteiger partial charge is 0.417 e. The molecule has 0 saturated carbocycles. The summed E-state index contributed by atoms with van der Waals surface area (Å²) in [5.74, 6) is 0. The number of benzene rings is 1. The van der Waals surface area contributed by atoms with Crippen molar-refractivity contribution in [1.82, 2.24) is 14.9 Å². The van der Waals surface area contributed by atoms with Gasteiger partial charge in [-0.05, 0) is 31.0 Å². The Morgan fingerprint density at radius 1 is 1.31 bits per heavy atom. The van der Waals surface area contributed by atoms with Gasteiger partial charge in [-0.2, -0.15) is 13.2 Å². The molecule has 0 unspecified atom stereocenters. The normalized spacial score (nSPS) is 21.5. The van der Waals surface area contributed by atoms with Gasteiger partial charge in [0.05, 0.1) is 22.3 Å². The number of amides is 2. The number of nitrogens with zero attached hydrogens (tertiary/aromatic N) is 3. The van der Waals surface area contributed by atoms with Crippen LogP contribution >= 0.6 is 11.6 Å². The third-order valence-corrected chi connectivity index (χ3v) is 5.19. The van der Waals surface area contributed by atoms with E-state index in [0.29, 0.717) is 6.42 Å².